The SMILES string of the molecule is C[C@@H]1CCCC[C@@H]1N1C(=O)/C(=C/c2ccc(OCC#N)c(Br)c2)SC1Nc1ccccc1. The fourth-order valence-electron chi connectivity index (χ4n) is 4.35. The van der Waals surface area contributed by atoms with E-state index in [1.165, 1.54) is 6.42 Å². The van der Waals surface area contributed by atoms with Gasteiger partial charge in [0.15, 0.2) is 12.1 Å². The van der Waals surface area contributed by atoms with Gasteiger partial charge in [0, 0.05) is 11.7 Å². The van der Waals surface area contributed by atoms with Gasteiger partial charge >= 0.3 is 0 Å². The van der Waals surface area contributed by atoms with E-state index in [0.717, 1.165) is 39.9 Å². The Labute approximate surface area is 201 Å². The van der Waals surface area contributed by atoms with Gasteiger partial charge in [-0.25, -0.2) is 0 Å². The van der Waals surface area contributed by atoms with E-state index in [9.17, 15) is 4.79 Å². The fourth-order valence-corrected chi connectivity index (χ4v) is 6.08. The van der Waals surface area contributed by atoms with Crippen molar-refractivity contribution in [3.05, 3.63) is 63.5 Å². The highest BCUT2D eigenvalue weighted by atomic mass is 79.9. The van der Waals surface area contributed by atoms with E-state index in [1.54, 1.807) is 11.8 Å². The molecule has 1 heterocycles. The van der Waals surface area contributed by atoms with Crippen LogP contribution in [-0.2, 0) is 4.79 Å². The number of rotatable bonds is 6. The van der Waals surface area contributed by atoms with Crippen molar-refractivity contribution in [2.45, 2.75) is 44.1 Å². The fraction of sp³-hybridized carbons (Fsp3) is 0.360. The molecule has 1 saturated carbocycles. The Bertz CT molecular complexity index is 1040. The number of carbonyl (C=O) groups is 1. The Morgan fingerprint density at radius 2 is 2.03 bits per heavy atom. The summed E-state index contributed by atoms with van der Waals surface area (Å²) in [6.45, 7) is 2.26. The van der Waals surface area contributed by atoms with E-state index in [1.807, 2.05) is 60.7 Å². The number of para-hydroxylation sites is 1. The standard InChI is InChI=1S/C25H26BrN3O2S/c1-17-7-5-6-10-21(17)29-24(30)23(32-25(29)28-19-8-3-2-4-9-19)16-18-11-12-22(20(26)15-18)31-14-13-27/h2-4,8-9,11-12,15-17,21,25,28H,5-7,10,14H2,1H3/b23-16-/t17-,21+,25?/m1/s1. The van der Waals surface area contributed by atoms with Crippen LogP contribution in [0.1, 0.15) is 38.2 Å². The molecular weight excluding hydrogens is 486 g/mol. The Hall–Kier alpha value is -2.43. The Morgan fingerprint density at radius 3 is 2.75 bits per heavy atom. The summed E-state index contributed by atoms with van der Waals surface area (Å²) in [4.78, 5) is 16.4. The average molecular weight is 512 g/mol. The molecule has 1 aliphatic carbocycles. The highest BCUT2D eigenvalue weighted by Gasteiger charge is 2.42. The molecule has 166 valence electrons. The number of nitriles is 1. The van der Waals surface area contributed by atoms with Gasteiger partial charge in [0.1, 0.15) is 11.8 Å². The number of halogens is 1. The molecule has 1 N–H and O–H groups in total. The second-order valence-electron chi connectivity index (χ2n) is 8.17. The first-order chi connectivity index (χ1) is 15.6. The van der Waals surface area contributed by atoms with Crippen molar-refractivity contribution in [1.29, 1.82) is 5.26 Å². The van der Waals surface area contributed by atoms with Crippen LogP contribution in [0.4, 0.5) is 5.69 Å². The lowest BCUT2D eigenvalue weighted by Crippen LogP contribution is -2.48. The van der Waals surface area contributed by atoms with E-state index in [2.05, 4.69) is 33.1 Å². The normalized spacial score (nSPS) is 24.4. The Kier molecular flexibility index (Phi) is 7.44. The van der Waals surface area contributed by atoms with Crippen LogP contribution in [-0.4, -0.2) is 29.0 Å². The summed E-state index contributed by atoms with van der Waals surface area (Å²) in [6, 6.07) is 17.9. The van der Waals surface area contributed by atoms with Crippen LogP contribution in [0.2, 0.25) is 0 Å². The zero-order valence-corrected chi connectivity index (χ0v) is 20.4. The molecule has 5 nitrogen and oxygen atoms in total. The van der Waals surface area contributed by atoms with Gasteiger partial charge in [-0.1, -0.05) is 55.8 Å². The predicted molar refractivity (Wildman–Crippen MR) is 133 cm³/mol. The Morgan fingerprint density at radius 1 is 1.25 bits per heavy atom. The van der Waals surface area contributed by atoms with Crippen LogP contribution in [0.3, 0.4) is 0 Å². The smallest absolute Gasteiger partial charge is 0.262 e. The number of benzene rings is 2. The molecule has 1 unspecified atom stereocenters. The molecule has 1 aliphatic heterocycles. The third-order valence-corrected chi connectivity index (χ3v) is 7.70. The lowest BCUT2D eigenvalue weighted by Gasteiger charge is -2.39. The number of ether oxygens (including phenoxy) is 1. The molecule has 0 spiro atoms. The quantitative estimate of drug-likeness (QED) is 0.464. The number of hydrogen-bond donors (Lipinski definition) is 1. The summed E-state index contributed by atoms with van der Waals surface area (Å²) in [6.07, 6.45) is 6.55. The molecular formula is C25H26BrN3O2S. The lowest BCUT2D eigenvalue weighted by molar-refractivity contribution is -0.129. The van der Waals surface area contributed by atoms with E-state index < -0.39 is 0 Å². The molecule has 4 rings (SSSR count). The topological polar surface area (TPSA) is 65.4 Å². The van der Waals surface area contributed by atoms with Crippen LogP contribution < -0.4 is 10.1 Å². The minimum atomic E-state index is -0.136. The monoisotopic (exact) mass is 511 g/mol. The zero-order chi connectivity index (χ0) is 22.5. The first-order valence-electron chi connectivity index (χ1n) is 10.9. The maximum atomic E-state index is 13.6. The molecule has 2 aromatic carbocycles. The van der Waals surface area contributed by atoms with Crippen molar-refractivity contribution in [2.75, 3.05) is 11.9 Å². The summed E-state index contributed by atoms with van der Waals surface area (Å²) in [5.41, 5.74) is 1.78. The van der Waals surface area contributed by atoms with Crippen LogP contribution >= 0.6 is 27.7 Å². The molecule has 32 heavy (non-hydrogen) atoms. The molecule has 2 aromatic rings. The van der Waals surface area contributed by atoms with E-state index >= 15 is 0 Å². The van der Waals surface area contributed by atoms with Gasteiger partial charge < -0.3 is 15.0 Å². The predicted octanol–water partition coefficient (Wildman–Crippen LogP) is 6.24. The summed E-state index contributed by atoms with van der Waals surface area (Å²) in [7, 11) is 0. The number of thioether (sulfide) groups is 1. The van der Waals surface area contributed by atoms with E-state index in [0.29, 0.717) is 11.7 Å². The molecule has 0 aromatic heterocycles. The van der Waals surface area contributed by atoms with Gasteiger partial charge in [-0.3, -0.25) is 4.79 Å². The maximum absolute atomic E-state index is 13.6. The van der Waals surface area contributed by atoms with Crippen molar-refractivity contribution in [3.63, 3.8) is 0 Å². The summed E-state index contributed by atoms with van der Waals surface area (Å²) < 4.78 is 6.16. The van der Waals surface area contributed by atoms with Crippen molar-refractivity contribution >= 4 is 45.4 Å². The number of hydrogen-bond acceptors (Lipinski definition) is 5. The molecule has 2 aliphatic rings. The summed E-state index contributed by atoms with van der Waals surface area (Å²) in [5, 5.41) is 12.3. The molecule has 7 heteroatoms. The van der Waals surface area contributed by atoms with Crippen molar-refractivity contribution < 1.29 is 9.53 Å². The van der Waals surface area contributed by atoms with Crippen molar-refractivity contribution in [2.24, 2.45) is 5.92 Å². The van der Waals surface area contributed by atoms with Gasteiger partial charge in [-0.15, -0.1) is 0 Å². The highest BCUT2D eigenvalue weighted by molar-refractivity contribution is 9.10. The van der Waals surface area contributed by atoms with Gasteiger partial charge in [-0.2, -0.15) is 5.26 Å². The number of amides is 1. The van der Waals surface area contributed by atoms with E-state index in [4.69, 9.17) is 10.00 Å². The average Bonchev–Trinajstić information content (AvgIpc) is 3.08. The second kappa shape index (κ2) is 10.5. The van der Waals surface area contributed by atoms with Gasteiger partial charge in [0.25, 0.3) is 5.91 Å². The van der Waals surface area contributed by atoms with Crippen LogP contribution in [0.5, 0.6) is 5.75 Å². The van der Waals surface area contributed by atoms with Gasteiger partial charge in [0.05, 0.1) is 9.38 Å². The summed E-state index contributed by atoms with van der Waals surface area (Å²) >= 11 is 5.08. The molecule has 3 atom stereocenters. The van der Waals surface area contributed by atoms with Crippen LogP contribution in [0.15, 0.2) is 57.9 Å². The van der Waals surface area contributed by atoms with Gasteiger partial charge in [-0.05, 0) is 70.6 Å². The van der Waals surface area contributed by atoms with Gasteiger partial charge in [0.2, 0.25) is 0 Å². The van der Waals surface area contributed by atoms with Crippen molar-refractivity contribution in [3.8, 4) is 11.8 Å². The number of carbonyl (C=O) groups excluding carboxylic acids is 1. The first-order valence-corrected chi connectivity index (χ1v) is 12.6. The minimum Gasteiger partial charge on any atom is -0.478 e. The third-order valence-electron chi connectivity index (χ3n) is 5.97. The maximum Gasteiger partial charge on any atom is 0.262 e. The molecule has 0 radical (unpaired) electrons. The molecule has 1 amide bonds. The van der Waals surface area contributed by atoms with E-state index in [-0.39, 0.29) is 24.1 Å². The number of nitrogens with zero attached hydrogens (tertiary/aromatic N) is 2. The zero-order valence-electron chi connectivity index (χ0n) is 18.0. The largest absolute Gasteiger partial charge is 0.478 e. The molecule has 1 saturated heterocycles. The third kappa shape index (κ3) is 5.13. The van der Waals surface area contributed by atoms with Crippen molar-refractivity contribution in [1.82, 2.24) is 4.90 Å². The first kappa shape index (κ1) is 22.8. The minimum absolute atomic E-state index is 0.00522. The molecule has 0 bridgehead atoms. The van der Waals surface area contributed by atoms with Crippen LogP contribution in [0, 0.1) is 17.2 Å². The highest BCUT2D eigenvalue weighted by Crippen LogP contribution is 2.42. The Balaban J connectivity index is 1.61. The number of anilines is 1. The lowest BCUT2D eigenvalue weighted by atomic mass is 9.85. The summed E-state index contributed by atoms with van der Waals surface area (Å²) in [5.74, 6) is 1.18. The number of nitrogens with one attached hydrogen (secondary N) is 1. The van der Waals surface area contributed by atoms with Crippen LogP contribution in [0.25, 0.3) is 6.08 Å². The molecule has 2 fully saturated rings. The second-order valence-corrected chi connectivity index (χ2v) is 10.1.